The number of anilines is 1. The van der Waals surface area contributed by atoms with Crippen LogP contribution in [0.4, 0.5) is 5.82 Å². The molecule has 3 atom stereocenters. The lowest BCUT2D eigenvalue weighted by Crippen LogP contribution is -2.43. The van der Waals surface area contributed by atoms with Crippen LogP contribution in [0.2, 0.25) is 5.02 Å². The van der Waals surface area contributed by atoms with Crippen molar-refractivity contribution in [2.45, 2.75) is 46.1 Å². The first kappa shape index (κ1) is 21.2. The van der Waals surface area contributed by atoms with Gasteiger partial charge in [-0.3, -0.25) is 0 Å². The maximum absolute atomic E-state index is 6.29. The van der Waals surface area contributed by atoms with Gasteiger partial charge in [0.1, 0.15) is 17.9 Å². The van der Waals surface area contributed by atoms with E-state index in [4.69, 9.17) is 26.4 Å². The Morgan fingerprint density at radius 3 is 2.62 bits per heavy atom. The smallest absolute Gasteiger partial charge is 0.320 e. The number of aryl methyl sites for hydroxylation is 2. The highest BCUT2D eigenvalue weighted by Crippen LogP contribution is 2.44. The average Bonchev–Trinajstić information content (AvgIpc) is 3.25. The molecular weight excluding hydrogens is 424 g/mol. The lowest BCUT2D eigenvalue weighted by molar-refractivity contribution is 0.264. The van der Waals surface area contributed by atoms with Gasteiger partial charge >= 0.3 is 6.01 Å². The molecule has 1 aromatic carbocycles. The van der Waals surface area contributed by atoms with E-state index in [9.17, 15) is 0 Å². The zero-order valence-corrected chi connectivity index (χ0v) is 19.4. The van der Waals surface area contributed by atoms with Crippen molar-refractivity contribution >= 4 is 17.4 Å². The summed E-state index contributed by atoms with van der Waals surface area (Å²) in [6, 6.07) is 10.1. The topological polar surface area (TPSA) is 69.0 Å². The number of ether oxygens (including phenoxy) is 1. The molecule has 1 unspecified atom stereocenters. The lowest BCUT2D eigenvalue weighted by Gasteiger charge is -2.38. The fourth-order valence-corrected chi connectivity index (χ4v) is 5.37. The van der Waals surface area contributed by atoms with E-state index in [1.165, 1.54) is 12.8 Å². The van der Waals surface area contributed by atoms with E-state index in [-0.39, 0.29) is 0 Å². The Labute approximate surface area is 193 Å². The van der Waals surface area contributed by atoms with Gasteiger partial charge in [0.25, 0.3) is 0 Å². The van der Waals surface area contributed by atoms with Crippen molar-refractivity contribution in [1.82, 2.24) is 24.7 Å². The first-order valence-electron chi connectivity index (χ1n) is 11.5. The maximum Gasteiger partial charge on any atom is 0.320 e. The van der Waals surface area contributed by atoms with Gasteiger partial charge in [0, 0.05) is 37.8 Å². The molecule has 0 amide bonds. The molecule has 2 aliphatic rings. The van der Waals surface area contributed by atoms with Gasteiger partial charge in [-0.05, 0) is 56.1 Å². The number of para-hydroxylation sites is 1. The van der Waals surface area contributed by atoms with Gasteiger partial charge in [0.2, 0.25) is 0 Å². The minimum atomic E-state index is 0.524. The minimum absolute atomic E-state index is 0.524. The highest BCUT2D eigenvalue weighted by Gasteiger charge is 2.42. The lowest BCUT2D eigenvalue weighted by atomic mass is 9.82. The van der Waals surface area contributed by atoms with E-state index >= 15 is 0 Å². The number of rotatable bonds is 7. The van der Waals surface area contributed by atoms with Crippen LogP contribution < -0.4 is 9.64 Å². The standard InChI is InChI=1S/C24H29ClN6O/c1-3-10-31-24(32-21-7-5-4-6-20(21)25)28-22(29-31)12-19-17-8-9-18(19)14-30(13-17)23-11-16(2)26-15-27-23/h4-7,11,15,17-19H,3,8-10,12-14H2,1-2H3/t17-,18+,19?. The number of piperidine rings is 1. The second-order valence-electron chi connectivity index (χ2n) is 8.95. The van der Waals surface area contributed by atoms with Crippen LogP contribution >= 0.6 is 11.6 Å². The largest absolute Gasteiger partial charge is 0.423 e. The van der Waals surface area contributed by atoms with E-state index < -0.39 is 0 Å². The third-order valence-corrected chi connectivity index (χ3v) is 7.03. The summed E-state index contributed by atoms with van der Waals surface area (Å²) < 4.78 is 7.93. The monoisotopic (exact) mass is 452 g/mol. The number of fused-ring (bicyclic) bond motifs is 2. The normalized spacial score (nSPS) is 22.3. The quantitative estimate of drug-likeness (QED) is 0.505. The molecule has 2 bridgehead atoms. The van der Waals surface area contributed by atoms with Crippen LogP contribution in [0.3, 0.4) is 0 Å². The predicted molar refractivity (Wildman–Crippen MR) is 124 cm³/mol. The van der Waals surface area contributed by atoms with Crippen LogP contribution in [-0.2, 0) is 13.0 Å². The number of aromatic nitrogens is 5. The predicted octanol–water partition coefficient (Wildman–Crippen LogP) is 4.94. The molecule has 0 radical (unpaired) electrons. The molecule has 1 saturated heterocycles. The van der Waals surface area contributed by atoms with Crippen molar-refractivity contribution in [2.75, 3.05) is 18.0 Å². The summed E-state index contributed by atoms with van der Waals surface area (Å²) in [7, 11) is 0. The van der Waals surface area contributed by atoms with Gasteiger partial charge < -0.3 is 9.64 Å². The van der Waals surface area contributed by atoms with Gasteiger partial charge in [-0.15, -0.1) is 0 Å². The van der Waals surface area contributed by atoms with Gasteiger partial charge in [-0.1, -0.05) is 30.7 Å². The van der Waals surface area contributed by atoms with Crippen LogP contribution in [0.25, 0.3) is 0 Å². The van der Waals surface area contributed by atoms with Crippen molar-refractivity contribution in [3.05, 3.63) is 53.2 Å². The summed E-state index contributed by atoms with van der Waals surface area (Å²) in [5, 5.41) is 5.38. The molecule has 1 saturated carbocycles. The third kappa shape index (κ3) is 4.31. The van der Waals surface area contributed by atoms with Gasteiger partial charge in [0.05, 0.1) is 5.02 Å². The number of hydrogen-bond donors (Lipinski definition) is 0. The van der Waals surface area contributed by atoms with Crippen molar-refractivity contribution < 1.29 is 4.74 Å². The summed E-state index contributed by atoms with van der Waals surface area (Å²) in [6.45, 7) is 7.00. The highest BCUT2D eigenvalue weighted by atomic mass is 35.5. The highest BCUT2D eigenvalue weighted by molar-refractivity contribution is 6.32. The fraction of sp³-hybridized carbons (Fsp3) is 0.500. The Hall–Kier alpha value is -2.67. The van der Waals surface area contributed by atoms with Crippen LogP contribution in [0, 0.1) is 24.7 Å². The van der Waals surface area contributed by atoms with Gasteiger partial charge in [-0.25, -0.2) is 14.6 Å². The number of halogens is 1. The van der Waals surface area contributed by atoms with E-state index in [0.717, 1.165) is 49.8 Å². The number of hydrogen-bond acceptors (Lipinski definition) is 6. The molecule has 3 heterocycles. The molecular formula is C24H29ClN6O. The molecule has 0 spiro atoms. The minimum Gasteiger partial charge on any atom is -0.423 e. The Kier molecular flexibility index (Phi) is 6.00. The Balaban J connectivity index is 1.32. The fourth-order valence-electron chi connectivity index (χ4n) is 5.20. The van der Waals surface area contributed by atoms with E-state index in [1.54, 1.807) is 6.33 Å². The summed E-state index contributed by atoms with van der Waals surface area (Å²) in [4.78, 5) is 16.0. The molecule has 8 heteroatoms. The molecule has 7 nitrogen and oxygen atoms in total. The maximum atomic E-state index is 6.29. The van der Waals surface area contributed by atoms with E-state index in [1.807, 2.05) is 35.9 Å². The molecule has 1 aliphatic heterocycles. The second-order valence-corrected chi connectivity index (χ2v) is 9.36. The van der Waals surface area contributed by atoms with E-state index in [2.05, 4.69) is 27.9 Å². The Morgan fingerprint density at radius 1 is 1.12 bits per heavy atom. The first-order chi connectivity index (χ1) is 15.6. The third-order valence-electron chi connectivity index (χ3n) is 6.72. The van der Waals surface area contributed by atoms with Gasteiger partial charge in [0.15, 0.2) is 5.82 Å². The summed E-state index contributed by atoms with van der Waals surface area (Å²) in [6.07, 6.45) is 6.04. The van der Waals surface area contributed by atoms with Crippen molar-refractivity contribution in [1.29, 1.82) is 0 Å². The van der Waals surface area contributed by atoms with Crippen LogP contribution in [0.1, 0.15) is 37.7 Å². The number of benzene rings is 1. The Morgan fingerprint density at radius 2 is 1.91 bits per heavy atom. The Bertz CT molecular complexity index is 1070. The molecule has 5 rings (SSSR count). The summed E-state index contributed by atoms with van der Waals surface area (Å²) in [5.41, 5.74) is 1.01. The SMILES string of the molecule is CCCn1nc(CC2[C@@H]3CC[C@H]2CN(c2cc(C)ncn2)C3)nc1Oc1ccccc1Cl. The molecule has 32 heavy (non-hydrogen) atoms. The first-order valence-corrected chi connectivity index (χ1v) is 11.9. The second kappa shape index (κ2) is 9.06. The molecule has 168 valence electrons. The molecule has 0 N–H and O–H groups in total. The van der Waals surface area contributed by atoms with E-state index in [0.29, 0.717) is 34.5 Å². The van der Waals surface area contributed by atoms with Crippen LogP contribution in [-0.4, -0.2) is 37.8 Å². The molecule has 3 aromatic rings. The number of nitrogens with zero attached hydrogens (tertiary/aromatic N) is 6. The van der Waals surface area contributed by atoms with Crippen LogP contribution in [0.5, 0.6) is 11.8 Å². The van der Waals surface area contributed by atoms with Crippen molar-refractivity contribution in [3.8, 4) is 11.8 Å². The summed E-state index contributed by atoms with van der Waals surface area (Å²) >= 11 is 6.29. The summed E-state index contributed by atoms with van der Waals surface area (Å²) in [5.74, 6) is 4.39. The van der Waals surface area contributed by atoms with Crippen molar-refractivity contribution in [2.24, 2.45) is 17.8 Å². The molecule has 2 aromatic heterocycles. The van der Waals surface area contributed by atoms with Crippen molar-refractivity contribution in [3.63, 3.8) is 0 Å². The van der Waals surface area contributed by atoms with Gasteiger partial charge in [-0.2, -0.15) is 10.1 Å². The zero-order chi connectivity index (χ0) is 22.1. The zero-order valence-electron chi connectivity index (χ0n) is 18.6. The molecule has 1 aliphatic carbocycles. The van der Waals surface area contributed by atoms with Crippen LogP contribution in [0.15, 0.2) is 36.7 Å². The average molecular weight is 453 g/mol. The molecule has 2 fully saturated rings.